The van der Waals surface area contributed by atoms with Crippen LogP contribution in [-0.2, 0) is 17.7 Å². The largest absolute Gasteiger partial charge is 0.377 e. The van der Waals surface area contributed by atoms with Gasteiger partial charge in [-0.05, 0) is 51.2 Å². The molecule has 1 heterocycles. The number of hydrogen-bond acceptors (Lipinski definition) is 3. The zero-order valence-corrected chi connectivity index (χ0v) is 17.6. The van der Waals surface area contributed by atoms with Crippen LogP contribution in [0.1, 0.15) is 51.7 Å². The minimum atomic E-state index is 0.320. The fourth-order valence-corrected chi connectivity index (χ4v) is 3.45. The number of guanidine groups is 1. The van der Waals surface area contributed by atoms with Crippen molar-refractivity contribution in [2.45, 2.75) is 65.6 Å². The minimum absolute atomic E-state index is 0.320. The Hall–Kier alpha value is -1.59. The molecule has 0 radical (unpaired) electrons. The molecule has 1 aromatic carbocycles. The van der Waals surface area contributed by atoms with Crippen molar-refractivity contribution in [1.82, 2.24) is 15.5 Å². The van der Waals surface area contributed by atoms with Crippen molar-refractivity contribution in [3.8, 4) is 0 Å². The maximum Gasteiger partial charge on any atom is 0.191 e. The topological polar surface area (TPSA) is 48.9 Å². The summed E-state index contributed by atoms with van der Waals surface area (Å²) >= 11 is 0. The summed E-state index contributed by atoms with van der Waals surface area (Å²) in [6.45, 7) is 14.2. The Morgan fingerprint density at radius 2 is 1.89 bits per heavy atom. The molecule has 0 aromatic heterocycles. The van der Waals surface area contributed by atoms with Gasteiger partial charge in [-0.3, -0.25) is 0 Å². The Morgan fingerprint density at radius 1 is 1.19 bits per heavy atom. The van der Waals surface area contributed by atoms with Gasteiger partial charge in [0.15, 0.2) is 5.96 Å². The van der Waals surface area contributed by atoms with E-state index in [1.165, 1.54) is 11.1 Å². The van der Waals surface area contributed by atoms with Crippen molar-refractivity contribution in [2.24, 2.45) is 4.99 Å². The molecule has 0 unspecified atom stereocenters. The Morgan fingerprint density at radius 3 is 2.52 bits per heavy atom. The average Bonchev–Trinajstić information content (AvgIpc) is 2.67. The maximum atomic E-state index is 5.67. The summed E-state index contributed by atoms with van der Waals surface area (Å²) in [6.07, 6.45) is 3.67. The van der Waals surface area contributed by atoms with Crippen LogP contribution < -0.4 is 10.6 Å². The average molecular weight is 375 g/mol. The predicted octanol–water partition coefficient (Wildman–Crippen LogP) is 3.19. The first-order valence-corrected chi connectivity index (χ1v) is 10.6. The number of nitrogens with zero attached hydrogens (tertiary/aromatic N) is 2. The molecule has 2 rings (SSSR count). The van der Waals surface area contributed by atoms with Crippen LogP contribution >= 0.6 is 0 Å². The number of rotatable bonds is 9. The monoisotopic (exact) mass is 374 g/mol. The molecule has 0 bridgehead atoms. The Bertz CT molecular complexity index is 565. The third-order valence-electron chi connectivity index (χ3n) is 5.04. The van der Waals surface area contributed by atoms with Crippen molar-refractivity contribution in [1.29, 1.82) is 0 Å². The van der Waals surface area contributed by atoms with Gasteiger partial charge in [-0.2, -0.15) is 0 Å². The maximum absolute atomic E-state index is 5.67. The van der Waals surface area contributed by atoms with Crippen molar-refractivity contribution < 1.29 is 4.74 Å². The Kier molecular flexibility index (Phi) is 9.64. The zero-order valence-electron chi connectivity index (χ0n) is 17.6. The molecule has 0 aliphatic carbocycles. The summed E-state index contributed by atoms with van der Waals surface area (Å²) in [7, 11) is 0. The highest BCUT2D eigenvalue weighted by Gasteiger charge is 2.19. The summed E-state index contributed by atoms with van der Waals surface area (Å²) in [6, 6.07) is 9.08. The fourth-order valence-electron chi connectivity index (χ4n) is 3.45. The van der Waals surface area contributed by atoms with Gasteiger partial charge in [0, 0.05) is 32.2 Å². The van der Waals surface area contributed by atoms with Crippen molar-refractivity contribution >= 4 is 5.96 Å². The number of piperidine rings is 1. The van der Waals surface area contributed by atoms with Gasteiger partial charge in [0.05, 0.1) is 19.3 Å². The first-order valence-electron chi connectivity index (χ1n) is 10.6. The van der Waals surface area contributed by atoms with Gasteiger partial charge in [0.1, 0.15) is 0 Å². The van der Waals surface area contributed by atoms with Crippen molar-refractivity contribution in [3.05, 3.63) is 35.4 Å². The van der Waals surface area contributed by atoms with Crippen LogP contribution in [0.2, 0.25) is 0 Å². The van der Waals surface area contributed by atoms with E-state index in [0.717, 1.165) is 64.6 Å². The van der Waals surface area contributed by atoms with Crippen LogP contribution in [-0.4, -0.2) is 55.8 Å². The molecule has 1 aromatic rings. The number of nitrogens with one attached hydrogen (secondary N) is 2. The van der Waals surface area contributed by atoms with Gasteiger partial charge >= 0.3 is 0 Å². The molecule has 0 saturated carbocycles. The third kappa shape index (κ3) is 7.89. The first-order chi connectivity index (χ1) is 13.1. The molecule has 0 atom stereocenters. The summed E-state index contributed by atoms with van der Waals surface area (Å²) in [5, 5.41) is 7.04. The first kappa shape index (κ1) is 21.7. The fraction of sp³-hybridized carbons (Fsp3) is 0.682. The highest BCUT2D eigenvalue weighted by molar-refractivity contribution is 5.80. The molecule has 27 heavy (non-hydrogen) atoms. The van der Waals surface area contributed by atoms with Gasteiger partial charge < -0.3 is 20.3 Å². The third-order valence-corrected chi connectivity index (χ3v) is 5.04. The van der Waals surface area contributed by atoms with Gasteiger partial charge in [-0.15, -0.1) is 0 Å². The number of likely N-dealkylation sites (tertiary alicyclic amines) is 1. The lowest BCUT2D eigenvalue weighted by molar-refractivity contribution is 0.0532. The van der Waals surface area contributed by atoms with Gasteiger partial charge in [0.25, 0.3) is 0 Å². The van der Waals surface area contributed by atoms with E-state index in [1.54, 1.807) is 0 Å². The van der Waals surface area contributed by atoms with Gasteiger partial charge in [-0.25, -0.2) is 4.99 Å². The molecular weight excluding hydrogens is 336 g/mol. The van der Waals surface area contributed by atoms with E-state index in [4.69, 9.17) is 9.73 Å². The number of benzene rings is 1. The molecule has 1 saturated heterocycles. The van der Waals surface area contributed by atoms with Crippen LogP contribution in [0.25, 0.3) is 0 Å². The van der Waals surface area contributed by atoms with E-state index in [2.05, 4.69) is 67.5 Å². The summed E-state index contributed by atoms with van der Waals surface area (Å²) in [5.41, 5.74) is 2.70. The second kappa shape index (κ2) is 12.0. The van der Waals surface area contributed by atoms with Gasteiger partial charge in [-0.1, -0.05) is 31.2 Å². The second-order valence-corrected chi connectivity index (χ2v) is 7.50. The molecule has 5 nitrogen and oxygen atoms in total. The Labute approximate surface area is 165 Å². The SMILES string of the molecule is CCNC(=NCc1ccccc1CC)NC1CCN(CCOC(C)C)CC1. The van der Waals surface area contributed by atoms with E-state index in [-0.39, 0.29) is 0 Å². The van der Waals surface area contributed by atoms with E-state index < -0.39 is 0 Å². The molecule has 1 aliphatic heterocycles. The van der Waals surface area contributed by atoms with E-state index in [0.29, 0.717) is 12.1 Å². The quantitative estimate of drug-likeness (QED) is 0.515. The molecule has 1 fully saturated rings. The van der Waals surface area contributed by atoms with Crippen LogP contribution in [0, 0.1) is 0 Å². The smallest absolute Gasteiger partial charge is 0.191 e. The summed E-state index contributed by atoms with van der Waals surface area (Å²) in [5.74, 6) is 0.935. The number of aliphatic imine (C=N–C) groups is 1. The molecular formula is C22H38N4O. The predicted molar refractivity (Wildman–Crippen MR) is 114 cm³/mol. The van der Waals surface area contributed by atoms with Crippen molar-refractivity contribution in [3.63, 3.8) is 0 Å². The molecule has 152 valence electrons. The molecule has 0 spiro atoms. The lowest BCUT2D eigenvalue weighted by Crippen LogP contribution is -2.49. The normalized spacial score (nSPS) is 16.7. The highest BCUT2D eigenvalue weighted by atomic mass is 16.5. The molecule has 2 N–H and O–H groups in total. The van der Waals surface area contributed by atoms with Gasteiger partial charge in [0.2, 0.25) is 0 Å². The number of aryl methyl sites for hydroxylation is 1. The highest BCUT2D eigenvalue weighted by Crippen LogP contribution is 2.12. The Balaban J connectivity index is 1.82. The van der Waals surface area contributed by atoms with E-state index in [1.807, 2.05) is 0 Å². The molecule has 0 amide bonds. The molecule has 1 aliphatic rings. The molecule has 5 heteroatoms. The number of hydrogen-bond donors (Lipinski definition) is 2. The van der Waals surface area contributed by atoms with Crippen LogP contribution in [0.4, 0.5) is 0 Å². The van der Waals surface area contributed by atoms with Crippen LogP contribution in [0.15, 0.2) is 29.3 Å². The van der Waals surface area contributed by atoms with Crippen molar-refractivity contribution in [2.75, 3.05) is 32.8 Å². The van der Waals surface area contributed by atoms with Crippen LogP contribution in [0.5, 0.6) is 0 Å². The standard InChI is InChI=1S/C22H38N4O/c1-5-19-9-7-8-10-20(19)17-24-22(23-6-2)25-21-11-13-26(14-12-21)15-16-27-18(3)4/h7-10,18,21H,5-6,11-17H2,1-4H3,(H2,23,24,25). The summed E-state index contributed by atoms with van der Waals surface area (Å²) in [4.78, 5) is 7.34. The van der Waals surface area contributed by atoms with E-state index >= 15 is 0 Å². The second-order valence-electron chi connectivity index (χ2n) is 7.50. The number of ether oxygens (including phenoxy) is 1. The van der Waals surface area contributed by atoms with E-state index in [9.17, 15) is 0 Å². The van der Waals surface area contributed by atoms with Crippen LogP contribution in [0.3, 0.4) is 0 Å². The minimum Gasteiger partial charge on any atom is -0.377 e. The zero-order chi connectivity index (χ0) is 19.5. The summed E-state index contributed by atoms with van der Waals surface area (Å²) < 4.78 is 5.67. The lowest BCUT2D eigenvalue weighted by atomic mass is 10.1. The lowest BCUT2D eigenvalue weighted by Gasteiger charge is -2.33.